The minimum atomic E-state index is -3.07. The van der Waals surface area contributed by atoms with E-state index in [0.29, 0.717) is 37.9 Å². The van der Waals surface area contributed by atoms with Gasteiger partial charge in [-0.05, 0) is 31.9 Å². The van der Waals surface area contributed by atoms with Crippen LogP contribution in [0.3, 0.4) is 0 Å². The van der Waals surface area contributed by atoms with E-state index in [1.54, 1.807) is 0 Å². The molecule has 2 saturated heterocycles. The molecule has 0 bridgehead atoms. The average molecular weight is 402 g/mol. The molecule has 2 fully saturated rings. The average Bonchev–Trinajstić information content (AvgIpc) is 2.69. The zero-order valence-electron chi connectivity index (χ0n) is 15.7. The van der Waals surface area contributed by atoms with Crippen LogP contribution in [-0.2, 0) is 18.9 Å². The molecule has 3 rings (SSSR count). The summed E-state index contributed by atoms with van der Waals surface area (Å²) in [5.41, 5.74) is 0.423. The summed E-state index contributed by atoms with van der Waals surface area (Å²) in [6, 6.07) is 3.69. The smallest absolute Gasteiger partial charge is 0.387 e. The van der Waals surface area contributed by atoms with Crippen molar-refractivity contribution in [2.45, 2.75) is 39.0 Å². The van der Waals surface area contributed by atoms with Gasteiger partial charge in [-0.2, -0.15) is 8.78 Å². The fourth-order valence-electron chi connectivity index (χ4n) is 3.24. The summed E-state index contributed by atoms with van der Waals surface area (Å²) in [5, 5.41) is 0. The maximum atomic E-state index is 13.8. The third kappa shape index (κ3) is 5.94. The van der Waals surface area contributed by atoms with Gasteiger partial charge in [0.2, 0.25) is 0 Å². The number of hydrogen-bond acceptors (Lipinski definition) is 5. The van der Waals surface area contributed by atoms with Gasteiger partial charge < -0.3 is 23.7 Å². The van der Waals surface area contributed by atoms with E-state index in [-0.39, 0.29) is 12.2 Å². The predicted octanol–water partition coefficient (Wildman–Crippen LogP) is 4.43. The van der Waals surface area contributed by atoms with Crippen LogP contribution in [-0.4, -0.2) is 39.3 Å². The number of alkyl halides is 2. The van der Waals surface area contributed by atoms with Gasteiger partial charge in [-0.3, -0.25) is 0 Å². The molecule has 0 N–H and O–H groups in total. The highest BCUT2D eigenvalue weighted by Crippen LogP contribution is 2.30. The van der Waals surface area contributed by atoms with Crippen LogP contribution < -0.4 is 4.74 Å². The van der Waals surface area contributed by atoms with Gasteiger partial charge in [-0.25, -0.2) is 4.39 Å². The number of hydrogen-bond donors (Lipinski definition) is 0. The first-order chi connectivity index (χ1) is 13.5. The largest absolute Gasteiger partial charge is 0.432 e. The van der Waals surface area contributed by atoms with Crippen molar-refractivity contribution in [3.8, 4) is 5.75 Å². The minimum absolute atomic E-state index is 0.183. The van der Waals surface area contributed by atoms with E-state index in [4.69, 9.17) is 18.9 Å². The van der Waals surface area contributed by atoms with Crippen LogP contribution >= 0.6 is 0 Å². The molecule has 5 nitrogen and oxygen atoms in total. The summed E-state index contributed by atoms with van der Waals surface area (Å²) in [4.78, 5) is 0. The maximum absolute atomic E-state index is 13.8. The van der Waals surface area contributed by atoms with Crippen LogP contribution in [0.2, 0.25) is 0 Å². The molecule has 0 radical (unpaired) electrons. The quantitative estimate of drug-likeness (QED) is 0.632. The third-order valence-electron chi connectivity index (χ3n) is 4.68. The number of benzene rings is 1. The van der Waals surface area contributed by atoms with Crippen LogP contribution in [0.4, 0.5) is 13.2 Å². The Bertz CT molecular complexity index is 639. The second-order valence-corrected chi connectivity index (χ2v) is 6.89. The van der Waals surface area contributed by atoms with Crippen LogP contribution in [0, 0.1) is 17.7 Å². The SMILES string of the molecule is C/C=C\[C@H]1CO[C@H](CCC2COC(c3ccc(OC(F)F)c(F)c3)OC2)OC1. The Morgan fingerprint density at radius 1 is 1.07 bits per heavy atom. The molecule has 2 aliphatic rings. The number of ether oxygens (including phenoxy) is 5. The van der Waals surface area contributed by atoms with Gasteiger partial charge in [0, 0.05) is 17.4 Å². The summed E-state index contributed by atoms with van der Waals surface area (Å²) < 4.78 is 65.1. The van der Waals surface area contributed by atoms with Gasteiger partial charge in [0.1, 0.15) is 0 Å². The van der Waals surface area contributed by atoms with E-state index in [1.807, 2.05) is 13.0 Å². The van der Waals surface area contributed by atoms with Crippen LogP contribution in [0.5, 0.6) is 5.75 Å². The Kier molecular flexibility index (Phi) is 7.73. The molecule has 0 atom stereocenters. The highest BCUT2D eigenvalue weighted by molar-refractivity contribution is 5.30. The number of halogens is 3. The first-order valence-corrected chi connectivity index (χ1v) is 9.38. The van der Waals surface area contributed by atoms with E-state index >= 15 is 0 Å². The zero-order valence-corrected chi connectivity index (χ0v) is 15.7. The summed E-state index contributed by atoms with van der Waals surface area (Å²) in [7, 11) is 0. The molecule has 2 aliphatic heterocycles. The van der Waals surface area contributed by atoms with Crippen molar-refractivity contribution in [2.75, 3.05) is 26.4 Å². The molecule has 0 aromatic heterocycles. The van der Waals surface area contributed by atoms with Gasteiger partial charge in [-0.15, -0.1) is 0 Å². The Hall–Kier alpha value is -1.61. The Balaban J connectivity index is 1.40. The summed E-state index contributed by atoms with van der Waals surface area (Å²) >= 11 is 0. The third-order valence-corrected chi connectivity index (χ3v) is 4.68. The lowest BCUT2D eigenvalue weighted by Crippen LogP contribution is -2.33. The summed E-state index contributed by atoms with van der Waals surface area (Å²) in [6.07, 6.45) is 4.70. The van der Waals surface area contributed by atoms with Gasteiger partial charge in [-0.1, -0.05) is 18.2 Å². The zero-order chi connectivity index (χ0) is 19.9. The molecule has 8 heteroatoms. The molecular weight excluding hydrogens is 377 g/mol. The Labute approximate surface area is 162 Å². The molecule has 0 spiro atoms. The molecule has 2 heterocycles. The Morgan fingerprint density at radius 2 is 1.79 bits per heavy atom. The second-order valence-electron chi connectivity index (χ2n) is 6.89. The standard InChI is InChI=1S/C20H25F3O5/c1-2-3-13-9-24-18(25-10-13)7-4-14-11-26-19(27-12-14)15-5-6-17(16(21)8-15)28-20(22)23/h2-3,5-6,8,13-14,18-20H,4,7,9-12H2,1H3/b3-2-/t13-,14?,18-,19?. The van der Waals surface area contributed by atoms with Crippen molar-refractivity contribution in [1.29, 1.82) is 0 Å². The van der Waals surface area contributed by atoms with E-state index in [1.165, 1.54) is 6.07 Å². The predicted molar refractivity (Wildman–Crippen MR) is 94.4 cm³/mol. The molecule has 28 heavy (non-hydrogen) atoms. The monoisotopic (exact) mass is 402 g/mol. The number of allylic oxidation sites excluding steroid dienone is 1. The lowest BCUT2D eigenvalue weighted by molar-refractivity contribution is -0.217. The lowest BCUT2D eigenvalue weighted by atomic mass is 10.0. The maximum Gasteiger partial charge on any atom is 0.387 e. The lowest BCUT2D eigenvalue weighted by Gasteiger charge is -2.32. The molecule has 0 amide bonds. The summed E-state index contributed by atoms with van der Waals surface area (Å²) in [5.74, 6) is -0.893. The molecule has 0 unspecified atom stereocenters. The highest BCUT2D eigenvalue weighted by Gasteiger charge is 2.27. The minimum Gasteiger partial charge on any atom is -0.432 e. The first-order valence-electron chi connectivity index (χ1n) is 9.38. The van der Waals surface area contributed by atoms with E-state index in [9.17, 15) is 13.2 Å². The molecule has 0 aliphatic carbocycles. The second kappa shape index (κ2) is 10.2. The van der Waals surface area contributed by atoms with Crippen molar-refractivity contribution in [3.63, 3.8) is 0 Å². The van der Waals surface area contributed by atoms with Crippen molar-refractivity contribution >= 4 is 0 Å². The van der Waals surface area contributed by atoms with Crippen LogP contribution in [0.15, 0.2) is 30.4 Å². The molecule has 0 saturated carbocycles. The van der Waals surface area contributed by atoms with Gasteiger partial charge >= 0.3 is 6.61 Å². The van der Waals surface area contributed by atoms with Gasteiger partial charge in [0.15, 0.2) is 24.1 Å². The summed E-state index contributed by atoms with van der Waals surface area (Å²) in [6.45, 7) is 1.12. The molecular formula is C20H25F3O5. The van der Waals surface area contributed by atoms with Crippen molar-refractivity contribution < 1.29 is 36.9 Å². The van der Waals surface area contributed by atoms with Crippen molar-refractivity contribution in [2.24, 2.45) is 11.8 Å². The normalized spacial score (nSPS) is 28.8. The van der Waals surface area contributed by atoms with Crippen molar-refractivity contribution in [1.82, 2.24) is 0 Å². The van der Waals surface area contributed by atoms with E-state index in [2.05, 4.69) is 10.8 Å². The Morgan fingerprint density at radius 3 is 2.39 bits per heavy atom. The fourth-order valence-corrected chi connectivity index (χ4v) is 3.24. The van der Waals surface area contributed by atoms with Gasteiger partial charge in [0.05, 0.1) is 26.4 Å². The highest BCUT2D eigenvalue weighted by atomic mass is 19.3. The van der Waals surface area contributed by atoms with Crippen LogP contribution in [0.25, 0.3) is 0 Å². The topological polar surface area (TPSA) is 46.2 Å². The number of rotatable bonds is 7. The van der Waals surface area contributed by atoms with E-state index in [0.717, 1.165) is 25.0 Å². The van der Waals surface area contributed by atoms with Gasteiger partial charge in [0.25, 0.3) is 0 Å². The molecule has 1 aromatic carbocycles. The van der Waals surface area contributed by atoms with E-state index < -0.39 is 24.5 Å². The molecule has 156 valence electrons. The molecule has 1 aromatic rings. The first kappa shape index (κ1) is 21.1. The fraction of sp³-hybridized carbons (Fsp3) is 0.600. The van der Waals surface area contributed by atoms with Crippen LogP contribution in [0.1, 0.15) is 31.6 Å². The van der Waals surface area contributed by atoms with Crippen molar-refractivity contribution in [3.05, 3.63) is 41.7 Å².